The second-order valence-corrected chi connectivity index (χ2v) is 15.3. The largest absolute Gasteiger partial charge is 0.472 e. The van der Waals surface area contributed by atoms with E-state index in [0.717, 1.165) is 79.6 Å². The molecular weight excluding hydrogens is 786 g/mol. The Kier molecular flexibility index (Phi) is 10.3. The Bertz CT molecular complexity index is 2450. The first-order valence-electron chi connectivity index (χ1n) is 18.6. The lowest BCUT2D eigenvalue weighted by Crippen LogP contribution is -2.46. The van der Waals surface area contributed by atoms with E-state index in [1.807, 2.05) is 78.9 Å². The fourth-order valence-electron chi connectivity index (χ4n) is 8.09. The van der Waals surface area contributed by atoms with Gasteiger partial charge in [-0.15, -0.1) is 15.0 Å². The molecule has 1 unspecified atom stereocenters. The number of carbonyl (C=O) groups is 1. The smallest absolute Gasteiger partial charge is 0.227 e. The van der Waals surface area contributed by atoms with E-state index in [9.17, 15) is 4.79 Å². The van der Waals surface area contributed by atoms with Crippen LogP contribution < -0.4 is 5.73 Å². The maximum atomic E-state index is 12.4. The molecule has 0 fully saturated rings. The molecule has 2 N–H and O–H groups in total. The van der Waals surface area contributed by atoms with Crippen molar-refractivity contribution >= 4 is 39.3 Å². The molecule has 1 atom stereocenters. The minimum atomic E-state index is -0.933. The number of quaternary nitrogens is 1. The van der Waals surface area contributed by atoms with Crippen molar-refractivity contribution in [2.75, 3.05) is 7.05 Å². The van der Waals surface area contributed by atoms with E-state index in [-0.39, 0.29) is 10.9 Å². The van der Waals surface area contributed by atoms with Gasteiger partial charge in [0.25, 0.3) is 0 Å². The van der Waals surface area contributed by atoms with Gasteiger partial charge in [-0.25, -0.2) is 4.48 Å². The number of tetrazole rings is 1. The van der Waals surface area contributed by atoms with E-state index in [2.05, 4.69) is 72.4 Å². The summed E-state index contributed by atoms with van der Waals surface area (Å²) >= 11 is 10.8. The zero-order valence-corrected chi connectivity index (χ0v) is 33.4. The maximum absolute atomic E-state index is 12.4. The standard InChI is InChI=1S/C45H39BrClN7O2/c1-3-4-24-40-49-43(47)38(27-39(48)55)54(40,2)28-36-33-25-26-56-29-37(33)42(46)41(36)34-22-14-15-23-35(34)44-50-52-53(51-44)45(30-16-8-5-9-17-30,31-18-10-6-11-19-31)32-20-12-7-13-21-32/h5-23,25-26,29H,3-4,24,27-28H2,1-2H3,(H-,48,55)/p+1. The molecule has 0 saturated heterocycles. The molecule has 0 spiro atoms. The zero-order chi connectivity index (χ0) is 38.9. The molecule has 0 saturated carbocycles. The second-order valence-electron chi connectivity index (χ2n) is 14.2. The van der Waals surface area contributed by atoms with E-state index in [4.69, 9.17) is 42.2 Å². The summed E-state index contributed by atoms with van der Waals surface area (Å²) in [6.45, 7) is 2.60. The highest BCUT2D eigenvalue weighted by Gasteiger charge is 2.45. The second kappa shape index (κ2) is 15.5. The van der Waals surface area contributed by atoms with Crippen LogP contribution in [0, 0.1) is 0 Å². The Morgan fingerprint density at radius 3 is 2.02 bits per heavy atom. The molecule has 9 nitrogen and oxygen atoms in total. The summed E-state index contributed by atoms with van der Waals surface area (Å²) in [7, 11) is 2.07. The van der Waals surface area contributed by atoms with Crippen molar-refractivity contribution in [3.05, 3.63) is 171 Å². The van der Waals surface area contributed by atoms with Crippen molar-refractivity contribution < 1.29 is 13.7 Å². The van der Waals surface area contributed by atoms with Gasteiger partial charge in [0.1, 0.15) is 13.0 Å². The summed E-state index contributed by atoms with van der Waals surface area (Å²) in [6.07, 6.45) is 6.07. The SMILES string of the molecule is CCCCC1=NC(Cl)=C(CC(N)=O)[N+]1(C)Cc1c2ccocc-2c(Br)c1-c1ccccc1-c1nnn(C(c2ccccc2)(c2ccccc2)c2ccccc2)n1. The van der Waals surface area contributed by atoms with Crippen molar-refractivity contribution in [2.45, 2.75) is 44.7 Å². The van der Waals surface area contributed by atoms with Crippen molar-refractivity contribution in [3.63, 3.8) is 0 Å². The molecule has 1 aromatic heterocycles. The van der Waals surface area contributed by atoms with Crippen LogP contribution >= 0.6 is 27.5 Å². The van der Waals surface area contributed by atoms with Crippen LogP contribution in [0.25, 0.3) is 33.6 Å². The number of nitrogens with two attached hydrogens (primary N) is 1. The van der Waals surface area contributed by atoms with E-state index in [1.165, 1.54) is 0 Å². The van der Waals surface area contributed by atoms with Crippen LogP contribution in [0.15, 0.2) is 159 Å². The molecule has 11 heteroatoms. The summed E-state index contributed by atoms with van der Waals surface area (Å²) < 4.78 is 6.84. The van der Waals surface area contributed by atoms with Gasteiger partial charge in [-0.05, 0) is 61.4 Å². The first-order valence-corrected chi connectivity index (χ1v) is 19.8. The highest BCUT2D eigenvalue weighted by atomic mass is 79.9. The first kappa shape index (κ1) is 37.3. The molecule has 5 aromatic rings. The Morgan fingerprint density at radius 1 is 0.839 bits per heavy atom. The van der Waals surface area contributed by atoms with Gasteiger partial charge >= 0.3 is 0 Å². The number of aromatic nitrogens is 4. The molecule has 1 aliphatic carbocycles. The quantitative estimate of drug-likeness (QED) is 0.0707. The van der Waals surface area contributed by atoms with Crippen LogP contribution in [-0.2, 0) is 16.9 Å². The number of amidine groups is 1. The number of rotatable bonds is 13. The molecule has 8 rings (SSSR count). The molecule has 0 radical (unpaired) electrons. The van der Waals surface area contributed by atoms with Gasteiger partial charge in [0.05, 0.1) is 19.6 Å². The van der Waals surface area contributed by atoms with E-state index in [0.29, 0.717) is 23.2 Å². The van der Waals surface area contributed by atoms with Crippen LogP contribution in [0.4, 0.5) is 0 Å². The molecule has 56 heavy (non-hydrogen) atoms. The number of unbranched alkanes of at least 4 members (excludes halogenated alkanes) is 1. The lowest BCUT2D eigenvalue weighted by molar-refractivity contribution is -0.795. The zero-order valence-electron chi connectivity index (χ0n) is 31.1. The van der Waals surface area contributed by atoms with Crippen molar-refractivity contribution in [2.24, 2.45) is 10.7 Å². The van der Waals surface area contributed by atoms with Crippen molar-refractivity contribution in [3.8, 4) is 33.6 Å². The molecule has 0 bridgehead atoms. The fraction of sp³-hybridized carbons (Fsp3) is 0.178. The van der Waals surface area contributed by atoms with Crippen LogP contribution in [0.5, 0.6) is 0 Å². The number of nitrogens with zero attached hydrogens (tertiary/aromatic N) is 6. The summed E-state index contributed by atoms with van der Waals surface area (Å²) in [5.41, 5.74) is 14.1. The molecule has 280 valence electrons. The summed E-state index contributed by atoms with van der Waals surface area (Å²) in [4.78, 5) is 19.0. The number of halogens is 2. The summed E-state index contributed by atoms with van der Waals surface area (Å²) in [5, 5.41) is 15.2. The van der Waals surface area contributed by atoms with Gasteiger partial charge in [-0.1, -0.05) is 140 Å². The number of benzene rings is 4. The molecular formula is C45H40BrClN7O2+. The number of hydrogen-bond donors (Lipinski definition) is 1. The van der Waals surface area contributed by atoms with E-state index < -0.39 is 11.4 Å². The average molecular weight is 826 g/mol. The number of amides is 1. The summed E-state index contributed by atoms with van der Waals surface area (Å²) in [5.74, 6) is 0.894. The highest BCUT2D eigenvalue weighted by Crippen LogP contribution is 2.50. The van der Waals surface area contributed by atoms with Crippen molar-refractivity contribution in [1.82, 2.24) is 20.2 Å². The average Bonchev–Trinajstić information content (AvgIpc) is 3.89. The summed E-state index contributed by atoms with van der Waals surface area (Å²) in [6, 6.07) is 41.0. The lowest BCUT2D eigenvalue weighted by Gasteiger charge is -2.34. The maximum Gasteiger partial charge on any atom is 0.227 e. The number of fused-ring (bicyclic) bond motifs is 1. The van der Waals surface area contributed by atoms with Gasteiger partial charge < -0.3 is 10.2 Å². The lowest BCUT2D eigenvalue weighted by atomic mass is 9.77. The molecule has 3 aliphatic rings. The van der Waals surface area contributed by atoms with Crippen LogP contribution in [0.2, 0.25) is 0 Å². The van der Waals surface area contributed by atoms with E-state index in [1.54, 1.807) is 17.3 Å². The third-order valence-corrected chi connectivity index (χ3v) is 11.9. The number of carbonyl (C=O) groups excluding carboxylic acids is 1. The Balaban J connectivity index is 1.32. The first-order chi connectivity index (χ1) is 27.3. The third kappa shape index (κ3) is 6.37. The van der Waals surface area contributed by atoms with Gasteiger partial charge in [0, 0.05) is 33.1 Å². The van der Waals surface area contributed by atoms with Gasteiger partial charge in [0.2, 0.25) is 17.6 Å². The monoisotopic (exact) mass is 824 g/mol. The molecule has 2 aliphatic heterocycles. The van der Waals surface area contributed by atoms with Crippen molar-refractivity contribution in [1.29, 1.82) is 0 Å². The molecule has 4 aromatic carbocycles. The Labute approximate surface area is 339 Å². The number of aliphatic imine (C=N–C) groups is 1. The normalized spacial score (nSPS) is 15.8. The van der Waals surface area contributed by atoms with Gasteiger partial charge in [0.15, 0.2) is 16.4 Å². The number of hydrogen-bond acceptors (Lipinski definition) is 6. The molecule has 3 heterocycles. The third-order valence-electron chi connectivity index (χ3n) is 10.8. The Morgan fingerprint density at radius 2 is 1.43 bits per heavy atom. The minimum Gasteiger partial charge on any atom is -0.472 e. The van der Waals surface area contributed by atoms with Crippen LogP contribution in [0.1, 0.15) is 54.9 Å². The topological polar surface area (TPSA) is 112 Å². The highest BCUT2D eigenvalue weighted by molar-refractivity contribution is 9.10. The van der Waals surface area contributed by atoms with Gasteiger partial charge in [-0.2, -0.15) is 4.99 Å². The van der Waals surface area contributed by atoms with Crippen LogP contribution in [0.3, 0.4) is 0 Å². The Hall–Kier alpha value is -5.68. The van der Waals surface area contributed by atoms with Crippen LogP contribution in [-0.4, -0.2) is 43.5 Å². The number of primary amides is 1. The molecule has 1 amide bonds. The fourth-order valence-corrected chi connectivity index (χ4v) is 9.20. The predicted molar refractivity (Wildman–Crippen MR) is 223 cm³/mol. The predicted octanol–water partition coefficient (Wildman–Crippen LogP) is 10.1. The minimum absolute atomic E-state index is 0.00542. The van der Waals surface area contributed by atoms with E-state index >= 15 is 0 Å². The van der Waals surface area contributed by atoms with Gasteiger partial charge in [-0.3, -0.25) is 4.79 Å².